The molecule has 3 aliphatic rings. The minimum absolute atomic E-state index is 0.00808. The molecule has 6 bridgehead atoms. The number of carbonyl (C=O) groups excluding carboxylic acids is 1. The highest BCUT2D eigenvalue weighted by Crippen LogP contribution is 2.41. The molecular weight excluding hydrogens is 596 g/mol. The first-order valence-corrected chi connectivity index (χ1v) is 16.3. The van der Waals surface area contributed by atoms with E-state index in [1.165, 1.54) is 22.8 Å². The molecule has 4 aromatic rings. The predicted octanol–water partition coefficient (Wildman–Crippen LogP) is 4.92. The number of amides is 1. The number of halogens is 2. The van der Waals surface area contributed by atoms with E-state index in [0.29, 0.717) is 54.3 Å². The van der Waals surface area contributed by atoms with Crippen LogP contribution in [0.3, 0.4) is 0 Å². The Balaban J connectivity index is 1.49. The van der Waals surface area contributed by atoms with Crippen LogP contribution in [-0.4, -0.2) is 73.5 Å². The number of piperazine rings is 1. The van der Waals surface area contributed by atoms with Gasteiger partial charge in [-0.15, -0.1) is 0 Å². The number of hydrogen-bond donors (Lipinski definition) is 1. The van der Waals surface area contributed by atoms with E-state index >= 15 is 8.78 Å². The van der Waals surface area contributed by atoms with Crippen LogP contribution in [0.5, 0.6) is 0 Å². The molecule has 5 heterocycles. The summed E-state index contributed by atoms with van der Waals surface area (Å²) >= 11 is 1.77. The van der Waals surface area contributed by atoms with Crippen molar-refractivity contribution in [3.63, 3.8) is 0 Å². The molecule has 2 fully saturated rings. The summed E-state index contributed by atoms with van der Waals surface area (Å²) in [5, 5.41) is 3.63. The van der Waals surface area contributed by atoms with E-state index in [1.54, 1.807) is 28.8 Å². The normalized spacial score (nSPS) is 19.4. The summed E-state index contributed by atoms with van der Waals surface area (Å²) < 4.78 is 32.9. The molecule has 0 spiro atoms. The van der Waals surface area contributed by atoms with Gasteiger partial charge in [0.15, 0.2) is 5.65 Å². The molecule has 2 unspecified atom stereocenters. The molecule has 9 nitrogen and oxygen atoms in total. The van der Waals surface area contributed by atoms with E-state index < -0.39 is 17.3 Å². The van der Waals surface area contributed by atoms with Crippen molar-refractivity contribution < 1.29 is 13.6 Å². The maximum atomic E-state index is 16.1. The summed E-state index contributed by atoms with van der Waals surface area (Å²) in [6.07, 6.45) is 4.59. The fourth-order valence-corrected chi connectivity index (χ4v) is 7.24. The lowest BCUT2D eigenvalue weighted by atomic mass is 10.0. The van der Waals surface area contributed by atoms with Crippen molar-refractivity contribution in [3.05, 3.63) is 82.6 Å². The summed E-state index contributed by atoms with van der Waals surface area (Å²) in [6.45, 7) is 9.07. The molecule has 2 aliphatic heterocycles. The molecule has 7 rings (SSSR count). The van der Waals surface area contributed by atoms with Crippen LogP contribution in [0.15, 0.2) is 54.0 Å². The van der Waals surface area contributed by atoms with Crippen LogP contribution < -0.4 is 15.9 Å². The minimum atomic E-state index is -0.729. The highest BCUT2D eigenvalue weighted by atomic mass is 32.2. The first kappa shape index (κ1) is 29.4. The molecule has 45 heavy (non-hydrogen) atoms. The third-order valence-electron chi connectivity index (χ3n) is 8.71. The zero-order valence-corrected chi connectivity index (χ0v) is 25.9. The van der Waals surface area contributed by atoms with Crippen molar-refractivity contribution in [1.29, 1.82) is 0 Å². The van der Waals surface area contributed by atoms with Gasteiger partial charge in [-0.3, -0.25) is 9.78 Å². The first-order chi connectivity index (χ1) is 21.7. The second-order valence-corrected chi connectivity index (χ2v) is 13.2. The number of hydrogen-bond acceptors (Lipinski definition) is 8. The number of aryl methyl sites for hydroxylation is 1. The number of rotatable bonds is 3. The van der Waals surface area contributed by atoms with E-state index in [-0.39, 0.29) is 40.8 Å². The van der Waals surface area contributed by atoms with Crippen LogP contribution in [0, 0.1) is 11.6 Å². The van der Waals surface area contributed by atoms with Crippen LogP contribution in [0.4, 0.5) is 20.3 Å². The number of fused-ring (bicyclic) bond motifs is 8. The highest BCUT2D eigenvalue weighted by molar-refractivity contribution is 7.99. The number of anilines is 2. The van der Waals surface area contributed by atoms with Gasteiger partial charge in [-0.25, -0.2) is 23.1 Å². The molecule has 2 atom stereocenters. The van der Waals surface area contributed by atoms with Crippen molar-refractivity contribution in [2.45, 2.75) is 44.7 Å². The van der Waals surface area contributed by atoms with E-state index in [4.69, 9.17) is 9.97 Å². The quantitative estimate of drug-likeness (QED) is 0.319. The molecule has 1 saturated carbocycles. The van der Waals surface area contributed by atoms with Crippen LogP contribution in [0.1, 0.15) is 37.4 Å². The Hall–Kier alpha value is -4.32. The van der Waals surface area contributed by atoms with Crippen LogP contribution in [-0.2, 0) is 11.2 Å². The number of nitrogens with one attached hydrogen (secondary N) is 1. The molecule has 1 aromatic carbocycles. The van der Waals surface area contributed by atoms with E-state index in [0.717, 1.165) is 23.5 Å². The highest BCUT2D eigenvalue weighted by Gasteiger charge is 2.51. The number of aromatic nitrogens is 4. The molecule has 232 valence electrons. The molecule has 1 amide bonds. The van der Waals surface area contributed by atoms with Crippen molar-refractivity contribution >= 4 is 40.2 Å². The number of benzene rings is 1. The molecule has 1 saturated heterocycles. The number of nitrogens with zero attached hydrogens (tertiary/aromatic N) is 6. The maximum absolute atomic E-state index is 16.1. The third kappa shape index (κ3) is 5.24. The van der Waals surface area contributed by atoms with Crippen molar-refractivity contribution in [2.24, 2.45) is 0 Å². The van der Waals surface area contributed by atoms with Gasteiger partial charge >= 0.3 is 5.69 Å². The monoisotopic (exact) mass is 629 g/mol. The summed E-state index contributed by atoms with van der Waals surface area (Å²) in [5.74, 6) is 0.438. The number of pyridine rings is 2. The van der Waals surface area contributed by atoms with E-state index in [1.807, 2.05) is 31.0 Å². The Morgan fingerprint density at radius 2 is 1.96 bits per heavy atom. The largest absolute Gasteiger partial charge is 0.384 e. The SMILES string of the molecule is C=CC(=O)N1CCN(c2nc(=O)n3c4nc(c(F)cc24)-c2cc(ccc2F)NCCSCCc2cnc(C(C)C)c-3c2)C2CC21. The van der Waals surface area contributed by atoms with Crippen LogP contribution in [0.25, 0.3) is 28.0 Å². The summed E-state index contributed by atoms with van der Waals surface area (Å²) in [4.78, 5) is 44.3. The Morgan fingerprint density at radius 3 is 2.76 bits per heavy atom. The van der Waals surface area contributed by atoms with Crippen molar-refractivity contribution in [1.82, 2.24) is 24.4 Å². The molecule has 0 radical (unpaired) electrons. The first-order valence-electron chi connectivity index (χ1n) is 15.2. The molecular formula is C33H33F2N7O2S. The smallest absolute Gasteiger partial charge is 0.355 e. The van der Waals surface area contributed by atoms with Gasteiger partial charge in [-0.05, 0) is 66.5 Å². The third-order valence-corrected chi connectivity index (χ3v) is 9.70. The fourth-order valence-electron chi connectivity index (χ4n) is 6.41. The Morgan fingerprint density at radius 1 is 1.11 bits per heavy atom. The molecule has 1 N–H and O–H groups in total. The van der Waals surface area contributed by atoms with Gasteiger partial charge in [-0.1, -0.05) is 20.4 Å². The standard InChI is InChI=1S/C33H33F2N7O2S/c1-4-28(43)40-9-10-41(26-16-25(26)40)31-22-15-24(35)30-21-14-20(5-6-23(21)34)36-8-12-45-11-7-19-13-27(29(18(2)3)37-17-19)42(32(22)38-30)33(44)39-31/h4-6,13-15,17-18,25-26,36H,1,7-12,16H2,2-3H3. The molecule has 3 aromatic heterocycles. The van der Waals surface area contributed by atoms with Crippen molar-refractivity contribution in [3.8, 4) is 16.9 Å². The molecule has 1 aliphatic carbocycles. The van der Waals surface area contributed by atoms with Gasteiger partial charge in [-0.2, -0.15) is 16.7 Å². The van der Waals surface area contributed by atoms with Gasteiger partial charge in [0.2, 0.25) is 5.91 Å². The predicted molar refractivity (Wildman–Crippen MR) is 173 cm³/mol. The lowest BCUT2D eigenvalue weighted by Gasteiger charge is -2.35. The average Bonchev–Trinajstić information content (AvgIpc) is 3.83. The lowest BCUT2D eigenvalue weighted by Crippen LogP contribution is -2.49. The van der Waals surface area contributed by atoms with Gasteiger partial charge < -0.3 is 15.1 Å². The van der Waals surface area contributed by atoms with E-state index in [2.05, 4.69) is 16.9 Å². The van der Waals surface area contributed by atoms with Crippen molar-refractivity contribution in [2.75, 3.05) is 41.4 Å². The Kier molecular flexibility index (Phi) is 7.55. The Labute approximate surface area is 263 Å². The number of thioether (sulfide) groups is 1. The zero-order chi connectivity index (χ0) is 31.4. The summed E-state index contributed by atoms with van der Waals surface area (Å²) in [7, 11) is 0. The fraction of sp³-hybridized carbons (Fsp3) is 0.364. The molecule has 12 heteroatoms. The minimum Gasteiger partial charge on any atom is -0.384 e. The van der Waals surface area contributed by atoms with Gasteiger partial charge in [0.05, 0.1) is 28.9 Å². The second kappa shape index (κ2) is 11.6. The van der Waals surface area contributed by atoms with E-state index in [9.17, 15) is 9.59 Å². The lowest BCUT2D eigenvalue weighted by molar-refractivity contribution is -0.126. The maximum Gasteiger partial charge on any atom is 0.355 e. The van der Waals surface area contributed by atoms with Gasteiger partial charge in [0, 0.05) is 42.8 Å². The van der Waals surface area contributed by atoms with Crippen LogP contribution in [0.2, 0.25) is 0 Å². The Bertz CT molecular complexity index is 1910. The van der Waals surface area contributed by atoms with Gasteiger partial charge in [0.25, 0.3) is 0 Å². The van der Waals surface area contributed by atoms with Gasteiger partial charge in [0.1, 0.15) is 23.1 Å². The second-order valence-electron chi connectivity index (χ2n) is 11.9. The zero-order valence-electron chi connectivity index (χ0n) is 25.1. The number of carbonyl (C=O) groups is 1. The summed E-state index contributed by atoms with van der Waals surface area (Å²) in [5.41, 5.74) is 2.18. The summed E-state index contributed by atoms with van der Waals surface area (Å²) in [6, 6.07) is 7.60. The topological polar surface area (TPSA) is 96.3 Å². The van der Waals surface area contributed by atoms with Crippen LogP contribution >= 0.6 is 11.8 Å². The average molecular weight is 630 g/mol.